The van der Waals surface area contributed by atoms with Gasteiger partial charge in [0.05, 0.1) is 17.7 Å². The molecule has 156 valence electrons. The summed E-state index contributed by atoms with van der Waals surface area (Å²) in [5.41, 5.74) is 0.849. The molecule has 3 rings (SSSR count). The Morgan fingerprint density at radius 2 is 1.72 bits per heavy atom. The number of carbonyl (C=O) groups is 1. The second-order valence-corrected chi connectivity index (χ2v) is 9.20. The van der Waals surface area contributed by atoms with E-state index in [1.54, 1.807) is 41.3 Å². The fourth-order valence-corrected chi connectivity index (χ4v) is 4.84. The van der Waals surface area contributed by atoms with E-state index in [-0.39, 0.29) is 10.8 Å². The molecule has 0 aliphatic heterocycles. The summed E-state index contributed by atoms with van der Waals surface area (Å²) in [6.07, 6.45) is 6.09. The van der Waals surface area contributed by atoms with Crippen molar-refractivity contribution in [3.63, 3.8) is 0 Å². The number of hydrogen-bond donors (Lipinski definition) is 1. The van der Waals surface area contributed by atoms with Crippen LogP contribution in [0.4, 0.5) is 5.69 Å². The van der Waals surface area contributed by atoms with Gasteiger partial charge in [-0.15, -0.1) is 0 Å². The van der Waals surface area contributed by atoms with Gasteiger partial charge < -0.3 is 9.64 Å². The number of carbonyl (C=O) groups excluding carboxylic acids is 1. The van der Waals surface area contributed by atoms with Gasteiger partial charge in [0.15, 0.2) is 0 Å². The van der Waals surface area contributed by atoms with E-state index in [0.717, 1.165) is 6.54 Å². The number of rotatable bonds is 7. The van der Waals surface area contributed by atoms with Crippen LogP contribution in [0.15, 0.2) is 53.4 Å². The Morgan fingerprint density at radius 3 is 2.38 bits per heavy atom. The minimum absolute atomic E-state index is 0.0859. The molecule has 0 unspecified atom stereocenters. The van der Waals surface area contributed by atoms with Gasteiger partial charge in [-0.3, -0.25) is 9.52 Å². The Labute approximate surface area is 172 Å². The molecule has 0 spiro atoms. The molecule has 0 aromatic heterocycles. The average Bonchev–Trinajstić information content (AvgIpc) is 2.74. The van der Waals surface area contributed by atoms with E-state index in [4.69, 9.17) is 4.74 Å². The number of nitrogens with one attached hydrogen (secondary N) is 1. The zero-order valence-corrected chi connectivity index (χ0v) is 17.7. The van der Waals surface area contributed by atoms with Crippen molar-refractivity contribution in [2.45, 2.75) is 37.0 Å². The van der Waals surface area contributed by atoms with E-state index in [1.807, 2.05) is 7.05 Å². The Balaban J connectivity index is 1.69. The third-order valence-corrected chi connectivity index (χ3v) is 6.75. The Bertz CT molecular complexity index is 936. The molecule has 1 saturated carbocycles. The maximum Gasteiger partial charge on any atom is 0.262 e. The quantitative estimate of drug-likeness (QED) is 0.736. The van der Waals surface area contributed by atoms with Gasteiger partial charge in [-0.05, 0) is 55.2 Å². The number of nitrogens with zero attached hydrogens (tertiary/aromatic N) is 1. The molecule has 0 bridgehead atoms. The molecule has 0 atom stereocenters. The molecule has 2 aromatic rings. The third-order valence-electron chi connectivity index (χ3n) is 5.37. The highest BCUT2D eigenvalue weighted by Gasteiger charge is 2.21. The van der Waals surface area contributed by atoms with Crippen LogP contribution in [0.2, 0.25) is 0 Å². The summed E-state index contributed by atoms with van der Waals surface area (Å²) in [6.45, 7) is 0.744. The first-order chi connectivity index (χ1) is 13.9. The van der Waals surface area contributed by atoms with Crippen LogP contribution in [-0.2, 0) is 10.0 Å². The first-order valence-electron chi connectivity index (χ1n) is 9.92. The largest absolute Gasteiger partial charge is 0.495 e. The number of methoxy groups -OCH3 is 1. The number of ether oxygens (including phenoxy) is 1. The smallest absolute Gasteiger partial charge is 0.262 e. The SMILES string of the molecule is COc1ccccc1NS(=O)(=O)c1ccc(C(=O)N(C)CC2CCCCC2)cc1. The number of benzene rings is 2. The highest BCUT2D eigenvalue weighted by atomic mass is 32.2. The van der Waals surface area contributed by atoms with Crippen LogP contribution in [-0.4, -0.2) is 39.9 Å². The molecule has 1 N–H and O–H groups in total. The number of hydrogen-bond acceptors (Lipinski definition) is 4. The topological polar surface area (TPSA) is 75.7 Å². The van der Waals surface area contributed by atoms with Gasteiger partial charge in [-0.1, -0.05) is 31.4 Å². The normalized spacial score (nSPS) is 15.0. The van der Waals surface area contributed by atoms with Crippen molar-refractivity contribution in [2.24, 2.45) is 5.92 Å². The minimum atomic E-state index is -3.79. The Hall–Kier alpha value is -2.54. The van der Waals surface area contributed by atoms with Crippen molar-refractivity contribution < 1.29 is 17.9 Å². The summed E-state index contributed by atoms with van der Waals surface area (Å²) in [5.74, 6) is 0.909. The predicted octanol–water partition coefficient (Wildman–Crippen LogP) is 4.15. The van der Waals surface area contributed by atoms with Gasteiger partial charge in [-0.25, -0.2) is 8.42 Å². The molecule has 1 aliphatic carbocycles. The van der Waals surface area contributed by atoms with Crippen LogP contribution in [0.5, 0.6) is 5.75 Å². The van der Waals surface area contributed by atoms with E-state index in [1.165, 1.54) is 51.3 Å². The maximum atomic E-state index is 12.7. The Morgan fingerprint density at radius 1 is 1.07 bits per heavy atom. The molecule has 2 aromatic carbocycles. The maximum absolute atomic E-state index is 12.7. The fourth-order valence-electron chi connectivity index (χ4n) is 3.77. The lowest BCUT2D eigenvalue weighted by atomic mass is 9.89. The van der Waals surface area contributed by atoms with Crippen molar-refractivity contribution in [2.75, 3.05) is 25.4 Å². The van der Waals surface area contributed by atoms with Crippen LogP contribution >= 0.6 is 0 Å². The molecule has 1 aliphatic rings. The molecule has 1 amide bonds. The molecular weight excluding hydrogens is 388 g/mol. The average molecular weight is 417 g/mol. The number of amides is 1. The standard InChI is InChI=1S/C22H28N2O4S/c1-24(16-17-8-4-3-5-9-17)22(25)18-12-14-19(15-13-18)29(26,27)23-20-10-6-7-11-21(20)28-2/h6-7,10-15,17,23H,3-5,8-9,16H2,1-2H3. The highest BCUT2D eigenvalue weighted by Crippen LogP contribution is 2.27. The first kappa shape index (κ1) is 21.2. The van der Waals surface area contributed by atoms with E-state index in [2.05, 4.69) is 4.72 Å². The van der Waals surface area contributed by atoms with Crippen molar-refractivity contribution >= 4 is 21.6 Å². The van der Waals surface area contributed by atoms with Crippen LogP contribution < -0.4 is 9.46 Å². The molecule has 0 saturated heterocycles. The monoisotopic (exact) mass is 416 g/mol. The molecule has 6 nitrogen and oxygen atoms in total. The second-order valence-electron chi connectivity index (χ2n) is 7.52. The second kappa shape index (κ2) is 9.31. The van der Waals surface area contributed by atoms with Crippen LogP contribution in [0.1, 0.15) is 42.5 Å². The molecule has 29 heavy (non-hydrogen) atoms. The van der Waals surface area contributed by atoms with Crippen molar-refractivity contribution in [3.05, 3.63) is 54.1 Å². The van der Waals surface area contributed by atoms with E-state index < -0.39 is 10.0 Å². The van der Waals surface area contributed by atoms with Crippen LogP contribution in [0.3, 0.4) is 0 Å². The van der Waals surface area contributed by atoms with Crippen LogP contribution in [0.25, 0.3) is 0 Å². The van der Waals surface area contributed by atoms with Crippen molar-refractivity contribution in [3.8, 4) is 5.75 Å². The molecule has 7 heteroatoms. The zero-order valence-electron chi connectivity index (χ0n) is 16.9. The minimum Gasteiger partial charge on any atom is -0.495 e. The van der Waals surface area contributed by atoms with E-state index in [0.29, 0.717) is 22.9 Å². The summed E-state index contributed by atoms with van der Waals surface area (Å²) < 4.78 is 33.1. The van der Waals surface area contributed by atoms with Gasteiger partial charge in [0.25, 0.3) is 15.9 Å². The number of anilines is 1. The van der Waals surface area contributed by atoms with Gasteiger partial charge >= 0.3 is 0 Å². The number of para-hydroxylation sites is 2. The van der Waals surface area contributed by atoms with Gasteiger partial charge in [0.2, 0.25) is 0 Å². The lowest BCUT2D eigenvalue weighted by molar-refractivity contribution is 0.0760. The van der Waals surface area contributed by atoms with Crippen LogP contribution in [0, 0.1) is 5.92 Å². The summed E-state index contributed by atoms with van der Waals surface area (Å²) in [6, 6.07) is 12.9. The summed E-state index contributed by atoms with van der Waals surface area (Å²) in [4.78, 5) is 14.5. The molecule has 0 heterocycles. The predicted molar refractivity (Wildman–Crippen MR) is 114 cm³/mol. The lowest BCUT2D eigenvalue weighted by Gasteiger charge is -2.27. The summed E-state index contributed by atoms with van der Waals surface area (Å²) in [7, 11) is -0.492. The lowest BCUT2D eigenvalue weighted by Crippen LogP contribution is -2.32. The fraction of sp³-hybridized carbons (Fsp3) is 0.409. The summed E-state index contributed by atoms with van der Waals surface area (Å²) >= 11 is 0. The van der Waals surface area contributed by atoms with Crippen molar-refractivity contribution in [1.29, 1.82) is 0 Å². The molecular formula is C22H28N2O4S. The van der Waals surface area contributed by atoms with Crippen molar-refractivity contribution in [1.82, 2.24) is 4.90 Å². The van der Waals surface area contributed by atoms with E-state index in [9.17, 15) is 13.2 Å². The first-order valence-corrected chi connectivity index (χ1v) is 11.4. The molecule has 0 radical (unpaired) electrons. The van der Waals surface area contributed by atoms with Gasteiger partial charge in [0, 0.05) is 19.2 Å². The zero-order chi connectivity index (χ0) is 20.9. The Kier molecular flexibility index (Phi) is 6.79. The summed E-state index contributed by atoms with van der Waals surface area (Å²) in [5, 5.41) is 0. The van der Waals surface area contributed by atoms with Gasteiger partial charge in [-0.2, -0.15) is 0 Å². The third kappa shape index (κ3) is 5.29. The number of sulfonamides is 1. The highest BCUT2D eigenvalue weighted by molar-refractivity contribution is 7.92. The van der Waals surface area contributed by atoms with Gasteiger partial charge in [0.1, 0.15) is 5.75 Å². The molecule has 1 fully saturated rings. The van der Waals surface area contributed by atoms with E-state index >= 15 is 0 Å².